The van der Waals surface area contributed by atoms with Gasteiger partial charge in [-0.1, -0.05) is 0 Å². The number of ether oxygens (including phenoxy) is 1. The number of hydrogen-bond acceptors (Lipinski definition) is 5. The average molecular weight is 330 g/mol. The molecule has 22 heavy (non-hydrogen) atoms. The number of nitro benzene ring substituents is 1. The molecule has 122 valence electrons. The Morgan fingerprint density at radius 3 is 2.59 bits per heavy atom. The number of carbonyl (C=O) groups excluding carboxylic acids is 1. The van der Waals surface area contributed by atoms with E-state index in [-0.39, 0.29) is 35.8 Å². The number of nitrogens with zero attached hydrogens (tertiary/aromatic N) is 2. The molecule has 1 N–H and O–H groups in total. The third-order valence-electron chi connectivity index (χ3n) is 3.80. The molecule has 0 spiro atoms. The molecule has 0 aromatic heterocycles. The van der Waals surface area contributed by atoms with E-state index < -0.39 is 4.92 Å². The Labute approximate surface area is 135 Å². The van der Waals surface area contributed by atoms with E-state index in [1.54, 1.807) is 18.0 Å². The quantitative estimate of drug-likeness (QED) is 0.673. The van der Waals surface area contributed by atoms with E-state index in [4.69, 9.17) is 4.74 Å². The highest BCUT2D eigenvalue weighted by molar-refractivity contribution is 5.95. The fourth-order valence-electron chi connectivity index (χ4n) is 2.53. The molecule has 1 amide bonds. The third kappa shape index (κ3) is 3.86. The van der Waals surface area contributed by atoms with E-state index in [0.29, 0.717) is 5.56 Å². The first-order valence-electron chi connectivity index (χ1n) is 6.85. The molecular formula is C14H20ClN3O4. The fourth-order valence-corrected chi connectivity index (χ4v) is 2.53. The van der Waals surface area contributed by atoms with Crippen molar-refractivity contribution < 1.29 is 14.5 Å². The van der Waals surface area contributed by atoms with Gasteiger partial charge in [-0.25, -0.2) is 0 Å². The van der Waals surface area contributed by atoms with Crippen LogP contribution >= 0.6 is 12.4 Å². The van der Waals surface area contributed by atoms with E-state index in [0.717, 1.165) is 25.9 Å². The maximum atomic E-state index is 12.5. The summed E-state index contributed by atoms with van der Waals surface area (Å²) in [7, 11) is 3.11. The smallest absolute Gasteiger partial charge is 0.311 e. The molecule has 1 aromatic carbocycles. The first-order chi connectivity index (χ1) is 10.0. The molecule has 0 radical (unpaired) electrons. The van der Waals surface area contributed by atoms with Gasteiger partial charge in [0.2, 0.25) is 0 Å². The van der Waals surface area contributed by atoms with Crippen molar-refractivity contribution in [2.24, 2.45) is 0 Å². The van der Waals surface area contributed by atoms with Gasteiger partial charge in [-0.3, -0.25) is 14.9 Å². The molecule has 1 saturated heterocycles. The zero-order chi connectivity index (χ0) is 15.4. The third-order valence-corrected chi connectivity index (χ3v) is 3.80. The second kappa shape index (κ2) is 7.95. The summed E-state index contributed by atoms with van der Waals surface area (Å²) in [4.78, 5) is 24.6. The molecule has 0 saturated carbocycles. The summed E-state index contributed by atoms with van der Waals surface area (Å²) in [6, 6.07) is 4.46. The van der Waals surface area contributed by atoms with Crippen LogP contribution in [0.15, 0.2) is 18.2 Å². The van der Waals surface area contributed by atoms with Crippen LogP contribution in [0.4, 0.5) is 5.69 Å². The largest absolute Gasteiger partial charge is 0.490 e. The Balaban J connectivity index is 0.00000242. The monoisotopic (exact) mass is 329 g/mol. The van der Waals surface area contributed by atoms with Crippen LogP contribution < -0.4 is 10.1 Å². The summed E-state index contributed by atoms with van der Waals surface area (Å²) in [5.74, 6) is -0.0475. The van der Waals surface area contributed by atoms with Crippen molar-refractivity contribution >= 4 is 24.0 Å². The average Bonchev–Trinajstić information content (AvgIpc) is 2.53. The maximum absolute atomic E-state index is 12.5. The molecule has 1 aliphatic rings. The number of rotatable bonds is 4. The zero-order valence-electron chi connectivity index (χ0n) is 12.6. The standard InChI is InChI=1S/C14H19N3O4.ClH/c1-16(11-5-7-15-8-6-11)14(18)10-3-4-13(21-2)12(9-10)17(19)20;/h3-4,9,11,15H,5-8H2,1-2H3;1H. The molecule has 1 aromatic rings. The van der Waals surface area contributed by atoms with Gasteiger partial charge in [-0.2, -0.15) is 0 Å². The summed E-state index contributed by atoms with van der Waals surface area (Å²) >= 11 is 0. The lowest BCUT2D eigenvalue weighted by molar-refractivity contribution is -0.385. The van der Waals surface area contributed by atoms with E-state index in [9.17, 15) is 14.9 Å². The van der Waals surface area contributed by atoms with Crippen LogP contribution in [0.2, 0.25) is 0 Å². The highest BCUT2D eigenvalue weighted by Crippen LogP contribution is 2.28. The van der Waals surface area contributed by atoms with Gasteiger partial charge >= 0.3 is 5.69 Å². The lowest BCUT2D eigenvalue weighted by Gasteiger charge is -2.31. The molecule has 0 unspecified atom stereocenters. The van der Waals surface area contributed by atoms with Crippen LogP contribution in [0.1, 0.15) is 23.2 Å². The number of amides is 1. The van der Waals surface area contributed by atoms with Gasteiger partial charge in [-0.15, -0.1) is 12.4 Å². The van der Waals surface area contributed by atoms with Crippen molar-refractivity contribution in [3.63, 3.8) is 0 Å². The predicted molar refractivity (Wildman–Crippen MR) is 84.9 cm³/mol. The van der Waals surface area contributed by atoms with E-state index in [1.165, 1.54) is 19.2 Å². The van der Waals surface area contributed by atoms with Gasteiger partial charge in [0.05, 0.1) is 12.0 Å². The summed E-state index contributed by atoms with van der Waals surface area (Å²) < 4.78 is 4.94. The van der Waals surface area contributed by atoms with Gasteiger partial charge in [0.1, 0.15) is 0 Å². The van der Waals surface area contributed by atoms with Crippen molar-refractivity contribution in [2.75, 3.05) is 27.2 Å². The molecule has 2 rings (SSSR count). The van der Waals surface area contributed by atoms with Crippen LogP contribution in [-0.2, 0) is 0 Å². The van der Waals surface area contributed by atoms with Gasteiger partial charge < -0.3 is 15.0 Å². The zero-order valence-corrected chi connectivity index (χ0v) is 13.4. The number of nitro groups is 1. The molecule has 0 bridgehead atoms. The van der Waals surface area contributed by atoms with E-state index in [1.807, 2.05) is 0 Å². The first kappa shape index (κ1) is 18.2. The van der Waals surface area contributed by atoms with Gasteiger partial charge in [-0.05, 0) is 38.1 Å². The molecule has 0 aliphatic carbocycles. The molecule has 1 heterocycles. The number of halogens is 1. The lowest BCUT2D eigenvalue weighted by atomic mass is 10.0. The Hall–Kier alpha value is -1.86. The fraction of sp³-hybridized carbons (Fsp3) is 0.500. The summed E-state index contributed by atoms with van der Waals surface area (Å²) in [5.41, 5.74) is 0.116. The number of methoxy groups -OCH3 is 1. The highest BCUT2D eigenvalue weighted by atomic mass is 35.5. The van der Waals surface area contributed by atoms with Crippen LogP contribution in [0.5, 0.6) is 5.75 Å². The summed E-state index contributed by atoms with van der Waals surface area (Å²) in [6.45, 7) is 1.76. The van der Waals surface area contributed by atoms with Crippen molar-refractivity contribution in [1.29, 1.82) is 0 Å². The van der Waals surface area contributed by atoms with Gasteiger partial charge in [0.25, 0.3) is 5.91 Å². The van der Waals surface area contributed by atoms with Gasteiger partial charge in [0, 0.05) is 24.7 Å². The van der Waals surface area contributed by atoms with Crippen LogP contribution in [0, 0.1) is 10.1 Å². The number of nitrogens with one attached hydrogen (secondary N) is 1. The van der Waals surface area contributed by atoms with Crippen molar-refractivity contribution in [3.8, 4) is 5.75 Å². The summed E-state index contributed by atoms with van der Waals surface area (Å²) in [6.07, 6.45) is 1.78. The molecular weight excluding hydrogens is 310 g/mol. The Bertz CT molecular complexity index is 547. The minimum Gasteiger partial charge on any atom is -0.490 e. The minimum atomic E-state index is -0.542. The van der Waals surface area contributed by atoms with Crippen molar-refractivity contribution in [2.45, 2.75) is 18.9 Å². The molecule has 7 nitrogen and oxygen atoms in total. The van der Waals surface area contributed by atoms with Gasteiger partial charge in [0.15, 0.2) is 5.75 Å². The van der Waals surface area contributed by atoms with Crippen molar-refractivity contribution in [1.82, 2.24) is 10.2 Å². The lowest BCUT2D eigenvalue weighted by Crippen LogP contribution is -2.43. The Morgan fingerprint density at radius 2 is 2.05 bits per heavy atom. The second-order valence-corrected chi connectivity index (χ2v) is 5.04. The highest BCUT2D eigenvalue weighted by Gasteiger charge is 2.25. The van der Waals surface area contributed by atoms with E-state index >= 15 is 0 Å². The minimum absolute atomic E-state index is 0. The SMILES string of the molecule is COc1ccc(C(=O)N(C)C2CCNCC2)cc1[N+](=O)[O-].Cl. The van der Waals surface area contributed by atoms with Crippen molar-refractivity contribution in [3.05, 3.63) is 33.9 Å². The Kier molecular flexibility index (Phi) is 6.58. The van der Waals surface area contributed by atoms with Crippen LogP contribution in [0.25, 0.3) is 0 Å². The number of carbonyl (C=O) groups is 1. The maximum Gasteiger partial charge on any atom is 0.311 e. The van der Waals surface area contributed by atoms with Crippen LogP contribution in [-0.4, -0.2) is 49.0 Å². The number of benzene rings is 1. The second-order valence-electron chi connectivity index (χ2n) is 5.04. The van der Waals surface area contributed by atoms with Crippen LogP contribution in [0.3, 0.4) is 0 Å². The predicted octanol–water partition coefficient (Wildman–Crippen LogP) is 1.85. The first-order valence-corrected chi connectivity index (χ1v) is 6.85. The molecule has 0 atom stereocenters. The summed E-state index contributed by atoms with van der Waals surface area (Å²) in [5, 5.41) is 14.3. The normalized spacial score (nSPS) is 14.8. The molecule has 8 heteroatoms. The van der Waals surface area contributed by atoms with E-state index in [2.05, 4.69) is 5.32 Å². The topological polar surface area (TPSA) is 84.7 Å². The number of piperidine rings is 1. The number of hydrogen-bond donors (Lipinski definition) is 1. The Morgan fingerprint density at radius 1 is 1.41 bits per heavy atom. The molecule has 1 aliphatic heterocycles. The molecule has 1 fully saturated rings.